The van der Waals surface area contributed by atoms with Gasteiger partial charge in [-0.05, 0) is 98.4 Å². The normalized spacial score (nSPS) is 23.2. The van der Waals surface area contributed by atoms with Gasteiger partial charge in [-0.1, -0.05) is 48.2 Å². The van der Waals surface area contributed by atoms with Gasteiger partial charge in [-0.15, -0.1) is 0 Å². The number of nitrogens with two attached hydrogens (primary N) is 1. The SMILES string of the molecule is NC1C=C2C#CC(CCc3ccc(O)cc3)CCCC3CC(O)CCc4ccc(O)c(c4)OCc4cccc5cn(cc45)C(=C2CO3)N1. The predicted molar refractivity (Wildman–Crippen MR) is 187 cm³/mol. The number of aliphatic hydroxyl groups excluding tert-OH is 1. The van der Waals surface area contributed by atoms with Crippen molar-refractivity contribution in [1.29, 1.82) is 0 Å². The van der Waals surface area contributed by atoms with E-state index in [9.17, 15) is 15.3 Å². The summed E-state index contributed by atoms with van der Waals surface area (Å²) in [6.45, 7) is 0.615. The van der Waals surface area contributed by atoms with Crippen LogP contribution in [0.5, 0.6) is 17.2 Å². The van der Waals surface area contributed by atoms with Crippen molar-refractivity contribution in [1.82, 2.24) is 9.88 Å². The van der Waals surface area contributed by atoms with Gasteiger partial charge in [0.15, 0.2) is 11.5 Å². The number of rotatable bonds is 3. The van der Waals surface area contributed by atoms with Gasteiger partial charge >= 0.3 is 0 Å². The molecule has 3 aromatic carbocycles. The minimum absolute atomic E-state index is 0.0921. The number of nitrogens with one attached hydrogen (secondary N) is 1. The molecule has 48 heavy (non-hydrogen) atoms. The molecule has 0 amide bonds. The number of phenolic OH excluding ortho intramolecular Hbond substituents is 2. The number of aromatic hydroxyl groups is 2. The number of aryl methyl sites for hydroxylation is 2. The summed E-state index contributed by atoms with van der Waals surface area (Å²) in [4.78, 5) is 0. The maximum atomic E-state index is 11.2. The Hall–Kier alpha value is -4.68. The Balaban J connectivity index is 1.28. The summed E-state index contributed by atoms with van der Waals surface area (Å²) in [6, 6.07) is 19.0. The molecule has 3 aliphatic heterocycles. The molecule has 0 fully saturated rings. The highest BCUT2D eigenvalue weighted by Gasteiger charge is 2.25. The Morgan fingerprint density at radius 2 is 1.85 bits per heavy atom. The lowest BCUT2D eigenvalue weighted by molar-refractivity contribution is 0.0167. The van der Waals surface area contributed by atoms with Crippen molar-refractivity contribution in [2.24, 2.45) is 11.7 Å². The fourth-order valence-corrected chi connectivity index (χ4v) is 6.95. The minimum Gasteiger partial charge on any atom is -0.508 e. The molecule has 0 saturated carbocycles. The molecule has 4 unspecified atom stereocenters. The van der Waals surface area contributed by atoms with E-state index < -0.39 is 12.3 Å². The van der Waals surface area contributed by atoms with E-state index in [2.05, 4.69) is 40.2 Å². The number of nitrogens with zero attached hydrogens (tertiary/aromatic N) is 1. The molecule has 0 aliphatic carbocycles. The van der Waals surface area contributed by atoms with Gasteiger partial charge in [0.05, 0.1) is 25.0 Å². The van der Waals surface area contributed by atoms with E-state index >= 15 is 0 Å². The Kier molecular flexibility index (Phi) is 9.44. The minimum atomic E-state index is -0.552. The molecule has 0 saturated heterocycles. The van der Waals surface area contributed by atoms with E-state index in [1.807, 2.05) is 42.5 Å². The van der Waals surface area contributed by atoms with E-state index in [-0.39, 0.29) is 30.1 Å². The fraction of sp³-hybridized carbons (Fsp3) is 0.350. The zero-order chi connectivity index (χ0) is 33.0. The quantitative estimate of drug-likeness (QED) is 0.170. The number of aromatic nitrogens is 1. The van der Waals surface area contributed by atoms with Crippen molar-refractivity contribution >= 4 is 16.6 Å². The van der Waals surface area contributed by atoms with Crippen LogP contribution in [0.15, 0.2) is 90.3 Å². The second-order valence-electron chi connectivity index (χ2n) is 13.2. The van der Waals surface area contributed by atoms with Crippen molar-refractivity contribution < 1.29 is 24.8 Å². The molecule has 4 heterocycles. The highest BCUT2D eigenvalue weighted by Crippen LogP contribution is 2.32. The van der Waals surface area contributed by atoms with E-state index in [1.165, 1.54) is 5.56 Å². The summed E-state index contributed by atoms with van der Waals surface area (Å²) < 4.78 is 14.9. The van der Waals surface area contributed by atoms with Crippen LogP contribution in [0.3, 0.4) is 0 Å². The Bertz CT molecular complexity index is 1900. The third kappa shape index (κ3) is 7.39. The highest BCUT2D eigenvalue weighted by molar-refractivity contribution is 5.87. The number of hydrogen-bond acceptors (Lipinski definition) is 7. The first kappa shape index (κ1) is 31.9. The van der Waals surface area contributed by atoms with E-state index in [0.29, 0.717) is 31.6 Å². The molecule has 4 aromatic rings. The maximum absolute atomic E-state index is 11.2. The fourth-order valence-electron chi connectivity index (χ4n) is 6.95. The molecule has 4 atom stereocenters. The third-order valence-electron chi connectivity index (χ3n) is 9.67. The third-order valence-corrected chi connectivity index (χ3v) is 9.67. The summed E-state index contributed by atoms with van der Waals surface area (Å²) in [5.41, 5.74) is 11.5. The standard InChI is InChI=1S/C40H43N3O5/c41-39-20-29-14-9-26(7-8-27-10-15-32(44)16-11-27)3-1-6-34-21-33(45)17-12-28-13-18-37(46)38(19-28)48-24-31-5-2-4-30-22-43(23-35(30)31)40(42-39)36(29)25-47-34/h2,4-5,10-11,13,15-16,18-20,22-23,26,33-34,39,42,44-46H,1,3,6-8,12,17,21,24-25,41H2. The molecule has 6 bridgehead atoms. The van der Waals surface area contributed by atoms with Gasteiger partial charge in [0, 0.05) is 40.2 Å². The second kappa shape index (κ2) is 14.2. The van der Waals surface area contributed by atoms with E-state index in [0.717, 1.165) is 71.0 Å². The van der Waals surface area contributed by atoms with Crippen molar-refractivity contribution in [3.8, 4) is 29.1 Å². The Labute approximate surface area is 281 Å². The molecule has 8 nitrogen and oxygen atoms in total. The summed E-state index contributed by atoms with van der Waals surface area (Å²) in [7, 11) is 0. The van der Waals surface area contributed by atoms with Gasteiger partial charge in [0.1, 0.15) is 18.2 Å². The lowest BCUT2D eigenvalue weighted by Gasteiger charge is -2.28. The summed E-state index contributed by atoms with van der Waals surface area (Å²) in [5.74, 6) is 8.90. The lowest BCUT2D eigenvalue weighted by Crippen LogP contribution is -2.40. The first-order chi connectivity index (χ1) is 23.4. The lowest BCUT2D eigenvalue weighted by atomic mass is 9.92. The van der Waals surface area contributed by atoms with Gasteiger partial charge in [-0.2, -0.15) is 0 Å². The number of benzene rings is 3. The number of fused-ring (bicyclic) bond motifs is 6. The van der Waals surface area contributed by atoms with Crippen molar-refractivity contribution in [2.45, 2.75) is 76.3 Å². The number of phenols is 2. The largest absolute Gasteiger partial charge is 0.508 e. The van der Waals surface area contributed by atoms with Gasteiger partial charge in [-0.3, -0.25) is 0 Å². The van der Waals surface area contributed by atoms with Crippen LogP contribution in [0.4, 0.5) is 0 Å². The van der Waals surface area contributed by atoms with Crippen LogP contribution in [0.25, 0.3) is 16.6 Å². The zero-order valence-electron chi connectivity index (χ0n) is 27.1. The van der Waals surface area contributed by atoms with Crippen LogP contribution in [-0.4, -0.2) is 44.9 Å². The number of aliphatic hydroxyl groups is 1. The molecule has 248 valence electrons. The predicted octanol–water partition coefficient (Wildman–Crippen LogP) is 6.13. The number of hydrogen-bond donors (Lipinski definition) is 5. The van der Waals surface area contributed by atoms with Gasteiger partial charge < -0.3 is 40.4 Å². The second-order valence-corrected chi connectivity index (χ2v) is 13.2. The van der Waals surface area contributed by atoms with Crippen LogP contribution in [0.1, 0.15) is 55.2 Å². The summed E-state index contributed by atoms with van der Waals surface area (Å²) in [6.07, 6.45) is 11.2. The van der Waals surface area contributed by atoms with Crippen LogP contribution >= 0.6 is 0 Å². The van der Waals surface area contributed by atoms with Crippen molar-refractivity contribution in [3.63, 3.8) is 0 Å². The van der Waals surface area contributed by atoms with Crippen molar-refractivity contribution in [3.05, 3.63) is 107 Å². The monoisotopic (exact) mass is 645 g/mol. The van der Waals surface area contributed by atoms with E-state index in [4.69, 9.17) is 15.2 Å². The average Bonchev–Trinajstić information content (AvgIpc) is 3.51. The molecular weight excluding hydrogens is 602 g/mol. The van der Waals surface area contributed by atoms with Crippen LogP contribution in [0, 0.1) is 17.8 Å². The molecule has 8 heteroatoms. The molecule has 3 aliphatic rings. The van der Waals surface area contributed by atoms with Gasteiger partial charge in [0.2, 0.25) is 0 Å². The smallest absolute Gasteiger partial charge is 0.161 e. The summed E-state index contributed by atoms with van der Waals surface area (Å²) in [5, 5.41) is 37.1. The Morgan fingerprint density at radius 3 is 2.73 bits per heavy atom. The van der Waals surface area contributed by atoms with Crippen molar-refractivity contribution in [2.75, 3.05) is 6.61 Å². The zero-order valence-corrected chi connectivity index (χ0v) is 27.1. The van der Waals surface area contributed by atoms with Crippen LogP contribution in [0.2, 0.25) is 0 Å². The van der Waals surface area contributed by atoms with Gasteiger partial charge in [-0.25, -0.2) is 0 Å². The average molecular weight is 646 g/mol. The number of dihydropyridines is 1. The topological polar surface area (TPSA) is 122 Å². The summed E-state index contributed by atoms with van der Waals surface area (Å²) >= 11 is 0. The first-order valence-corrected chi connectivity index (χ1v) is 17.0. The molecule has 7 rings (SSSR count). The number of ether oxygens (including phenoxy) is 2. The molecule has 6 N–H and O–H groups in total. The van der Waals surface area contributed by atoms with E-state index in [1.54, 1.807) is 18.2 Å². The van der Waals surface area contributed by atoms with Gasteiger partial charge in [0.25, 0.3) is 0 Å². The molecular formula is C40H43N3O5. The maximum Gasteiger partial charge on any atom is 0.161 e. The molecule has 0 radical (unpaired) electrons. The van der Waals surface area contributed by atoms with Crippen LogP contribution in [-0.2, 0) is 24.2 Å². The molecule has 0 spiro atoms. The molecule has 1 aromatic heterocycles. The van der Waals surface area contributed by atoms with Crippen LogP contribution < -0.4 is 15.8 Å². The first-order valence-electron chi connectivity index (χ1n) is 17.0. The Morgan fingerprint density at radius 1 is 0.979 bits per heavy atom. The highest BCUT2D eigenvalue weighted by atomic mass is 16.5.